The van der Waals surface area contributed by atoms with E-state index in [1.165, 1.54) is 0 Å². The molecule has 98 valence electrons. The third-order valence-electron chi connectivity index (χ3n) is 3.03. The molecule has 1 aromatic carbocycles. The minimum absolute atomic E-state index is 0.362. The third kappa shape index (κ3) is 2.20. The Hall–Kier alpha value is -2.27. The maximum absolute atomic E-state index is 5.72. The zero-order chi connectivity index (χ0) is 13.2. The Morgan fingerprint density at radius 1 is 1.37 bits per heavy atom. The second kappa shape index (κ2) is 4.78. The van der Waals surface area contributed by atoms with Gasteiger partial charge in [-0.1, -0.05) is 18.2 Å². The standard InChI is InChI=1S/C14H15N3O2/c1-17-8-10(7-16-17)18-9-12-11-4-2-3-5-13(11)19-14(12)6-15/h2-5,7-8H,6,9,15H2,1H3. The Morgan fingerprint density at radius 3 is 2.95 bits per heavy atom. The van der Waals surface area contributed by atoms with E-state index in [9.17, 15) is 0 Å². The third-order valence-corrected chi connectivity index (χ3v) is 3.03. The van der Waals surface area contributed by atoms with Crippen molar-refractivity contribution in [3.63, 3.8) is 0 Å². The lowest BCUT2D eigenvalue weighted by Gasteiger charge is -2.03. The average Bonchev–Trinajstić information content (AvgIpc) is 2.99. The van der Waals surface area contributed by atoms with Crippen molar-refractivity contribution in [2.45, 2.75) is 13.2 Å². The van der Waals surface area contributed by atoms with E-state index in [2.05, 4.69) is 5.10 Å². The lowest BCUT2D eigenvalue weighted by Crippen LogP contribution is -2.02. The van der Waals surface area contributed by atoms with Crippen molar-refractivity contribution in [2.24, 2.45) is 12.8 Å². The number of aryl methyl sites for hydroxylation is 1. The van der Waals surface area contributed by atoms with Gasteiger partial charge in [0, 0.05) is 18.0 Å². The summed E-state index contributed by atoms with van der Waals surface area (Å²) in [5, 5.41) is 5.11. The first-order chi connectivity index (χ1) is 9.28. The van der Waals surface area contributed by atoms with Crippen LogP contribution < -0.4 is 10.5 Å². The van der Waals surface area contributed by atoms with Gasteiger partial charge in [-0.2, -0.15) is 5.10 Å². The zero-order valence-corrected chi connectivity index (χ0v) is 10.7. The second-order valence-corrected chi connectivity index (χ2v) is 4.34. The number of hydrogen-bond donors (Lipinski definition) is 1. The number of rotatable bonds is 4. The smallest absolute Gasteiger partial charge is 0.157 e. The van der Waals surface area contributed by atoms with E-state index >= 15 is 0 Å². The zero-order valence-electron chi connectivity index (χ0n) is 10.7. The van der Waals surface area contributed by atoms with Crippen LogP contribution >= 0.6 is 0 Å². The molecule has 0 amide bonds. The number of furan rings is 1. The summed E-state index contributed by atoms with van der Waals surface area (Å²) in [6, 6.07) is 7.87. The van der Waals surface area contributed by atoms with Gasteiger partial charge in [0.15, 0.2) is 5.75 Å². The van der Waals surface area contributed by atoms with Gasteiger partial charge in [-0.3, -0.25) is 4.68 Å². The molecule has 2 heterocycles. The summed E-state index contributed by atoms with van der Waals surface area (Å²) in [6.45, 7) is 0.787. The first-order valence-corrected chi connectivity index (χ1v) is 6.08. The number of ether oxygens (including phenoxy) is 1. The normalized spacial score (nSPS) is 11.1. The first kappa shape index (κ1) is 11.8. The van der Waals surface area contributed by atoms with Crippen LogP contribution in [-0.4, -0.2) is 9.78 Å². The van der Waals surface area contributed by atoms with Crippen LogP contribution in [0.3, 0.4) is 0 Å². The molecule has 0 aliphatic carbocycles. The summed E-state index contributed by atoms with van der Waals surface area (Å²) in [6.07, 6.45) is 3.51. The fraction of sp³-hybridized carbons (Fsp3) is 0.214. The minimum atomic E-state index is 0.362. The predicted octanol–water partition coefficient (Wildman–Crippen LogP) is 2.20. The van der Waals surface area contributed by atoms with Crippen molar-refractivity contribution in [2.75, 3.05) is 0 Å². The van der Waals surface area contributed by atoms with Crippen LogP contribution in [0.2, 0.25) is 0 Å². The predicted molar refractivity (Wildman–Crippen MR) is 71.6 cm³/mol. The molecule has 19 heavy (non-hydrogen) atoms. The highest BCUT2D eigenvalue weighted by molar-refractivity contribution is 5.82. The van der Waals surface area contributed by atoms with Crippen LogP contribution in [0.15, 0.2) is 41.1 Å². The van der Waals surface area contributed by atoms with Gasteiger partial charge < -0.3 is 14.9 Å². The monoisotopic (exact) mass is 257 g/mol. The highest BCUT2D eigenvalue weighted by atomic mass is 16.5. The van der Waals surface area contributed by atoms with Crippen molar-refractivity contribution in [3.8, 4) is 5.75 Å². The Kier molecular flexibility index (Phi) is 2.97. The quantitative estimate of drug-likeness (QED) is 0.778. The second-order valence-electron chi connectivity index (χ2n) is 4.34. The minimum Gasteiger partial charge on any atom is -0.485 e. The fourth-order valence-corrected chi connectivity index (χ4v) is 2.10. The molecule has 0 unspecified atom stereocenters. The molecule has 0 spiro atoms. The van der Waals surface area contributed by atoms with E-state index in [1.54, 1.807) is 10.9 Å². The number of hydrogen-bond acceptors (Lipinski definition) is 4. The summed E-state index contributed by atoms with van der Waals surface area (Å²) in [7, 11) is 1.85. The van der Waals surface area contributed by atoms with Gasteiger partial charge in [-0.05, 0) is 6.07 Å². The molecule has 2 N–H and O–H groups in total. The van der Waals surface area contributed by atoms with Crippen molar-refractivity contribution in [3.05, 3.63) is 48.0 Å². The molecule has 5 nitrogen and oxygen atoms in total. The van der Waals surface area contributed by atoms with Gasteiger partial charge in [0.1, 0.15) is 18.0 Å². The molecule has 3 rings (SSSR count). The molecular weight excluding hydrogens is 242 g/mol. The maximum atomic E-state index is 5.72. The van der Waals surface area contributed by atoms with E-state index in [1.807, 2.05) is 37.5 Å². The van der Waals surface area contributed by atoms with E-state index in [0.29, 0.717) is 13.2 Å². The first-order valence-electron chi connectivity index (χ1n) is 6.08. The Bertz CT molecular complexity index is 700. The van der Waals surface area contributed by atoms with E-state index < -0.39 is 0 Å². The van der Waals surface area contributed by atoms with Crippen LogP contribution in [0, 0.1) is 0 Å². The van der Waals surface area contributed by atoms with E-state index in [0.717, 1.165) is 28.0 Å². The van der Waals surface area contributed by atoms with Crippen molar-refractivity contribution in [1.29, 1.82) is 0 Å². The van der Waals surface area contributed by atoms with Gasteiger partial charge in [-0.15, -0.1) is 0 Å². The molecular formula is C14H15N3O2. The van der Waals surface area contributed by atoms with Gasteiger partial charge in [0.2, 0.25) is 0 Å². The molecule has 5 heteroatoms. The van der Waals surface area contributed by atoms with Crippen LogP contribution in [0.4, 0.5) is 0 Å². The van der Waals surface area contributed by atoms with Crippen LogP contribution in [0.25, 0.3) is 11.0 Å². The lowest BCUT2D eigenvalue weighted by atomic mass is 10.1. The largest absolute Gasteiger partial charge is 0.485 e. The molecule has 3 aromatic rings. The number of aromatic nitrogens is 2. The Labute approximate surface area is 110 Å². The summed E-state index contributed by atoms with van der Waals surface area (Å²) < 4.78 is 13.1. The molecule has 0 atom stereocenters. The highest BCUT2D eigenvalue weighted by Gasteiger charge is 2.13. The number of fused-ring (bicyclic) bond motifs is 1. The van der Waals surface area contributed by atoms with Crippen LogP contribution in [-0.2, 0) is 20.2 Å². The topological polar surface area (TPSA) is 66.2 Å². The van der Waals surface area contributed by atoms with Crippen LogP contribution in [0.1, 0.15) is 11.3 Å². The summed E-state index contributed by atoms with van der Waals surface area (Å²) in [5.41, 5.74) is 7.56. The molecule has 0 saturated carbocycles. The lowest BCUT2D eigenvalue weighted by molar-refractivity contribution is 0.303. The van der Waals surface area contributed by atoms with E-state index in [4.69, 9.17) is 14.9 Å². The number of nitrogens with two attached hydrogens (primary N) is 1. The number of para-hydroxylation sites is 1. The van der Waals surface area contributed by atoms with Crippen molar-refractivity contribution in [1.82, 2.24) is 9.78 Å². The molecule has 0 aliphatic rings. The summed E-state index contributed by atoms with van der Waals surface area (Å²) in [4.78, 5) is 0. The van der Waals surface area contributed by atoms with Gasteiger partial charge in [0.05, 0.1) is 18.9 Å². The maximum Gasteiger partial charge on any atom is 0.157 e. The molecule has 0 radical (unpaired) electrons. The summed E-state index contributed by atoms with van der Waals surface area (Å²) in [5.74, 6) is 1.50. The average molecular weight is 257 g/mol. The van der Waals surface area contributed by atoms with E-state index in [-0.39, 0.29) is 0 Å². The molecule has 0 fully saturated rings. The number of benzene rings is 1. The molecule has 0 saturated heterocycles. The Balaban J connectivity index is 1.90. The molecule has 2 aromatic heterocycles. The van der Waals surface area contributed by atoms with Gasteiger partial charge in [-0.25, -0.2) is 0 Å². The van der Waals surface area contributed by atoms with Gasteiger partial charge in [0.25, 0.3) is 0 Å². The number of nitrogens with zero attached hydrogens (tertiary/aromatic N) is 2. The SMILES string of the molecule is Cn1cc(OCc2c(CN)oc3ccccc23)cn1. The molecule has 0 aliphatic heterocycles. The van der Waals surface area contributed by atoms with Gasteiger partial charge >= 0.3 is 0 Å². The Morgan fingerprint density at radius 2 is 2.21 bits per heavy atom. The molecule has 0 bridgehead atoms. The van der Waals surface area contributed by atoms with Crippen molar-refractivity contribution < 1.29 is 9.15 Å². The fourth-order valence-electron chi connectivity index (χ4n) is 2.10. The summed E-state index contributed by atoms with van der Waals surface area (Å²) >= 11 is 0. The van der Waals surface area contributed by atoms with Crippen molar-refractivity contribution >= 4 is 11.0 Å². The van der Waals surface area contributed by atoms with Crippen LogP contribution in [0.5, 0.6) is 5.75 Å². The highest BCUT2D eigenvalue weighted by Crippen LogP contribution is 2.26.